The van der Waals surface area contributed by atoms with Crippen LogP contribution in [0.25, 0.3) is 44.7 Å². The normalized spacial score (nSPS) is 14.9. The van der Waals surface area contributed by atoms with Gasteiger partial charge in [0.05, 0.1) is 23.2 Å². The van der Waals surface area contributed by atoms with Crippen molar-refractivity contribution in [2.24, 2.45) is 11.7 Å². The Kier molecular flexibility index (Phi) is 6.79. The number of likely N-dealkylation sites (tertiary alicyclic amines) is 1. The molecule has 0 unspecified atom stereocenters. The minimum Gasteiger partial charge on any atom is -0.329 e. The summed E-state index contributed by atoms with van der Waals surface area (Å²) in [6, 6.07) is 21.1. The van der Waals surface area contributed by atoms with Crippen molar-refractivity contribution in [2.45, 2.75) is 32.9 Å². The fourth-order valence-electron chi connectivity index (χ4n) is 5.50. The molecule has 6 rings (SSSR count). The van der Waals surface area contributed by atoms with E-state index in [4.69, 9.17) is 10.7 Å². The zero-order valence-corrected chi connectivity index (χ0v) is 21.7. The van der Waals surface area contributed by atoms with E-state index in [0.29, 0.717) is 6.54 Å². The van der Waals surface area contributed by atoms with E-state index in [2.05, 4.69) is 50.9 Å². The molecule has 7 heteroatoms. The maximum absolute atomic E-state index is 13.7. The van der Waals surface area contributed by atoms with E-state index in [0.717, 1.165) is 82.3 Å². The van der Waals surface area contributed by atoms with E-state index in [-0.39, 0.29) is 5.82 Å². The third-order valence-electron chi connectivity index (χ3n) is 7.82. The van der Waals surface area contributed by atoms with E-state index in [1.54, 1.807) is 12.1 Å². The molecule has 6 nitrogen and oxygen atoms in total. The van der Waals surface area contributed by atoms with Crippen molar-refractivity contribution in [3.8, 4) is 33.8 Å². The van der Waals surface area contributed by atoms with E-state index >= 15 is 0 Å². The molecule has 3 N–H and O–H groups in total. The van der Waals surface area contributed by atoms with Crippen molar-refractivity contribution in [3.63, 3.8) is 0 Å². The molecule has 3 aromatic carbocycles. The van der Waals surface area contributed by atoms with Crippen LogP contribution in [-0.2, 0) is 13.1 Å². The second kappa shape index (κ2) is 10.5. The maximum atomic E-state index is 13.7. The summed E-state index contributed by atoms with van der Waals surface area (Å²) < 4.78 is 16.0. The topological polar surface area (TPSA) is 75.8 Å². The smallest absolute Gasteiger partial charge is 0.123 e. The average Bonchev–Trinajstić information content (AvgIpc) is 3.57. The second-order valence-electron chi connectivity index (χ2n) is 10.4. The molecule has 0 bridgehead atoms. The van der Waals surface area contributed by atoms with Crippen molar-refractivity contribution in [3.05, 3.63) is 84.4 Å². The fourth-order valence-corrected chi connectivity index (χ4v) is 5.50. The van der Waals surface area contributed by atoms with Gasteiger partial charge in [0.25, 0.3) is 0 Å². The average molecular weight is 509 g/mol. The van der Waals surface area contributed by atoms with Gasteiger partial charge in [-0.25, -0.2) is 9.37 Å². The number of nitrogens with one attached hydrogen (secondary N) is 1. The summed E-state index contributed by atoms with van der Waals surface area (Å²) in [5.74, 6) is 0.553. The molecule has 3 heterocycles. The minimum absolute atomic E-state index is 0.253. The monoisotopic (exact) mass is 508 g/mol. The maximum Gasteiger partial charge on any atom is 0.123 e. The first-order valence-electron chi connectivity index (χ1n) is 13.4. The fraction of sp³-hybridized carbons (Fsp3) is 0.290. The number of rotatable bonds is 7. The SMILES string of the molecule is CC1CCN(CCn2cnc(-c3ccc(F)cc3)c2-c2ccc3[nH]nc(-c4ccccc4CN)c3c2)CC1. The van der Waals surface area contributed by atoms with Gasteiger partial charge in [0.15, 0.2) is 0 Å². The van der Waals surface area contributed by atoms with Gasteiger partial charge in [-0.2, -0.15) is 5.10 Å². The van der Waals surface area contributed by atoms with Crippen LogP contribution in [0.5, 0.6) is 0 Å². The number of aromatic amines is 1. The van der Waals surface area contributed by atoms with E-state index in [1.807, 2.05) is 24.5 Å². The largest absolute Gasteiger partial charge is 0.329 e. The summed E-state index contributed by atoms with van der Waals surface area (Å²) >= 11 is 0. The molecule has 0 amide bonds. The van der Waals surface area contributed by atoms with Gasteiger partial charge in [-0.15, -0.1) is 0 Å². The zero-order valence-electron chi connectivity index (χ0n) is 21.7. The molecular formula is C31H33FN6. The standard InChI is InChI=1S/C31H33FN6/c1-21-12-14-37(15-13-21)16-17-38-20-34-29(22-6-9-25(32)10-7-22)31(38)23-8-11-28-27(18-23)30(36-35-28)26-5-3-2-4-24(26)19-33/h2-11,18,20-21H,12-17,19,33H2,1H3,(H,35,36). The minimum atomic E-state index is -0.253. The van der Waals surface area contributed by atoms with Gasteiger partial charge >= 0.3 is 0 Å². The molecule has 0 aliphatic carbocycles. The summed E-state index contributed by atoms with van der Waals surface area (Å²) in [6.07, 6.45) is 4.43. The number of aromatic nitrogens is 4. The number of nitrogens with two attached hydrogens (primary N) is 1. The summed E-state index contributed by atoms with van der Waals surface area (Å²) in [4.78, 5) is 7.37. The Morgan fingerprint density at radius 2 is 1.71 bits per heavy atom. The first kappa shape index (κ1) is 24.5. The number of imidazole rings is 1. The molecule has 2 aromatic heterocycles. The van der Waals surface area contributed by atoms with Crippen LogP contribution in [0.3, 0.4) is 0 Å². The van der Waals surface area contributed by atoms with Gasteiger partial charge in [0, 0.05) is 41.7 Å². The molecule has 1 fully saturated rings. The lowest BCUT2D eigenvalue weighted by atomic mass is 9.98. The van der Waals surface area contributed by atoms with Crippen LogP contribution in [0.15, 0.2) is 73.1 Å². The highest BCUT2D eigenvalue weighted by Crippen LogP contribution is 2.36. The van der Waals surface area contributed by atoms with Crippen molar-refractivity contribution < 1.29 is 4.39 Å². The highest BCUT2D eigenvalue weighted by atomic mass is 19.1. The summed E-state index contributed by atoms with van der Waals surface area (Å²) in [5, 5.41) is 8.88. The molecule has 1 aliphatic heterocycles. The first-order chi connectivity index (χ1) is 18.6. The van der Waals surface area contributed by atoms with E-state index < -0.39 is 0 Å². The first-order valence-corrected chi connectivity index (χ1v) is 13.4. The highest BCUT2D eigenvalue weighted by molar-refractivity contribution is 5.97. The lowest BCUT2D eigenvalue weighted by Gasteiger charge is -2.30. The Labute approximate surface area is 222 Å². The predicted octanol–water partition coefficient (Wildman–Crippen LogP) is 6.09. The molecule has 0 atom stereocenters. The summed E-state index contributed by atoms with van der Waals surface area (Å²) in [7, 11) is 0. The van der Waals surface area contributed by atoms with Gasteiger partial charge < -0.3 is 15.2 Å². The summed E-state index contributed by atoms with van der Waals surface area (Å²) in [5.41, 5.74) is 13.8. The molecule has 1 saturated heterocycles. The number of halogens is 1. The molecule has 0 saturated carbocycles. The number of hydrogen-bond donors (Lipinski definition) is 2. The Hall–Kier alpha value is -3.81. The van der Waals surface area contributed by atoms with Gasteiger partial charge in [-0.1, -0.05) is 37.3 Å². The van der Waals surface area contributed by atoms with Crippen LogP contribution < -0.4 is 5.73 Å². The second-order valence-corrected chi connectivity index (χ2v) is 10.4. The van der Waals surface area contributed by atoms with Crippen molar-refractivity contribution in [1.29, 1.82) is 0 Å². The number of nitrogens with zero attached hydrogens (tertiary/aromatic N) is 4. The molecule has 194 valence electrons. The zero-order chi connectivity index (χ0) is 26.1. The Morgan fingerprint density at radius 3 is 2.50 bits per heavy atom. The molecule has 38 heavy (non-hydrogen) atoms. The highest BCUT2D eigenvalue weighted by Gasteiger charge is 2.20. The Morgan fingerprint density at radius 1 is 0.947 bits per heavy atom. The number of piperidine rings is 1. The van der Waals surface area contributed by atoms with Crippen molar-refractivity contribution in [1.82, 2.24) is 24.6 Å². The summed E-state index contributed by atoms with van der Waals surface area (Å²) in [6.45, 7) is 6.88. The Bertz CT molecular complexity index is 1540. The quantitative estimate of drug-likeness (QED) is 0.279. The lowest BCUT2D eigenvalue weighted by molar-refractivity contribution is 0.187. The number of hydrogen-bond acceptors (Lipinski definition) is 4. The van der Waals surface area contributed by atoms with Crippen LogP contribution in [0.2, 0.25) is 0 Å². The molecule has 1 aliphatic rings. The Balaban J connectivity index is 1.43. The van der Waals surface area contributed by atoms with Crippen LogP contribution in [0.4, 0.5) is 4.39 Å². The van der Waals surface area contributed by atoms with Gasteiger partial charge in [0.1, 0.15) is 11.5 Å². The van der Waals surface area contributed by atoms with Gasteiger partial charge in [0.2, 0.25) is 0 Å². The number of H-pyrrole nitrogens is 1. The van der Waals surface area contributed by atoms with Gasteiger partial charge in [-0.3, -0.25) is 5.10 Å². The van der Waals surface area contributed by atoms with Crippen LogP contribution in [0.1, 0.15) is 25.3 Å². The third kappa shape index (κ3) is 4.75. The van der Waals surface area contributed by atoms with Crippen LogP contribution in [0, 0.1) is 11.7 Å². The van der Waals surface area contributed by atoms with Crippen LogP contribution >= 0.6 is 0 Å². The van der Waals surface area contributed by atoms with E-state index in [1.165, 1.54) is 25.0 Å². The van der Waals surface area contributed by atoms with E-state index in [9.17, 15) is 4.39 Å². The van der Waals surface area contributed by atoms with Crippen LogP contribution in [-0.4, -0.2) is 44.3 Å². The van der Waals surface area contributed by atoms with Crippen molar-refractivity contribution in [2.75, 3.05) is 19.6 Å². The molecule has 0 radical (unpaired) electrons. The third-order valence-corrected chi connectivity index (χ3v) is 7.82. The lowest BCUT2D eigenvalue weighted by Crippen LogP contribution is -2.35. The van der Waals surface area contributed by atoms with Gasteiger partial charge in [-0.05, 0) is 73.8 Å². The number of benzene rings is 3. The van der Waals surface area contributed by atoms with Crippen molar-refractivity contribution >= 4 is 10.9 Å². The molecule has 5 aromatic rings. The predicted molar refractivity (Wildman–Crippen MR) is 151 cm³/mol. The number of fused-ring (bicyclic) bond motifs is 1. The molecular weight excluding hydrogens is 475 g/mol. The molecule has 0 spiro atoms.